The Morgan fingerprint density at radius 2 is 1.95 bits per heavy atom. The fraction of sp³-hybridized carbons (Fsp3) is 0.944. The quantitative estimate of drug-likeness (QED) is 0.584. The van der Waals surface area contributed by atoms with Gasteiger partial charge in [0.05, 0.1) is 0 Å². The largest absolute Gasteiger partial charge is 0.299 e. The summed E-state index contributed by atoms with van der Waals surface area (Å²) in [7, 11) is 0. The molecule has 3 unspecified atom stereocenters. The van der Waals surface area contributed by atoms with E-state index in [2.05, 4.69) is 34.6 Å². The molecule has 1 aliphatic rings. The fourth-order valence-electron chi connectivity index (χ4n) is 3.86. The lowest BCUT2D eigenvalue weighted by Gasteiger charge is -2.39. The zero-order valence-corrected chi connectivity index (χ0v) is 13.8. The standard InChI is InChI=1S/C18H34O/c1-6-8-9-15(7-2)13-18(4,5)16-11-10-14(3)12-17(16)19/h14-16H,6-13H2,1-5H3. The molecule has 0 heterocycles. The van der Waals surface area contributed by atoms with Crippen LogP contribution in [0.3, 0.4) is 0 Å². The minimum Gasteiger partial charge on any atom is -0.299 e. The van der Waals surface area contributed by atoms with Crippen LogP contribution in [0.5, 0.6) is 0 Å². The van der Waals surface area contributed by atoms with Gasteiger partial charge in [-0.25, -0.2) is 0 Å². The molecule has 19 heavy (non-hydrogen) atoms. The lowest BCUT2D eigenvalue weighted by atomic mass is 9.64. The van der Waals surface area contributed by atoms with Crippen molar-refractivity contribution in [3.63, 3.8) is 0 Å². The Labute approximate surface area is 120 Å². The summed E-state index contributed by atoms with van der Waals surface area (Å²) in [6.45, 7) is 11.5. The summed E-state index contributed by atoms with van der Waals surface area (Å²) in [6.07, 6.45) is 9.65. The number of Topliss-reactive ketones (excluding diaryl/α,β-unsaturated/α-hetero) is 1. The van der Waals surface area contributed by atoms with E-state index in [4.69, 9.17) is 0 Å². The van der Waals surface area contributed by atoms with Crippen molar-refractivity contribution in [1.29, 1.82) is 0 Å². The van der Waals surface area contributed by atoms with E-state index in [9.17, 15) is 4.79 Å². The molecule has 0 spiro atoms. The molecule has 0 radical (unpaired) electrons. The Bertz CT molecular complexity index is 279. The minimum atomic E-state index is 0.200. The van der Waals surface area contributed by atoms with Crippen molar-refractivity contribution in [3.8, 4) is 0 Å². The Balaban J connectivity index is 2.60. The van der Waals surface area contributed by atoms with E-state index in [1.807, 2.05) is 0 Å². The molecule has 112 valence electrons. The maximum absolute atomic E-state index is 12.3. The predicted octanol–water partition coefficient (Wildman–Crippen LogP) is 5.62. The van der Waals surface area contributed by atoms with Crippen LogP contribution >= 0.6 is 0 Å². The smallest absolute Gasteiger partial charge is 0.136 e. The first-order valence-electron chi connectivity index (χ1n) is 8.43. The molecule has 0 bridgehead atoms. The molecule has 1 heteroatoms. The summed E-state index contributed by atoms with van der Waals surface area (Å²) in [4.78, 5) is 12.3. The maximum Gasteiger partial charge on any atom is 0.136 e. The number of carbonyl (C=O) groups is 1. The molecular formula is C18H34O. The SMILES string of the molecule is CCCCC(CC)CC(C)(C)C1CCC(C)CC1=O. The van der Waals surface area contributed by atoms with Gasteiger partial charge in [-0.05, 0) is 36.5 Å². The highest BCUT2D eigenvalue weighted by Crippen LogP contribution is 2.43. The Morgan fingerprint density at radius 1 is 1.26 bits per heavy atom. The third kappa shape index (κ3) is 4.93. The van der Waals surface area contributed by atoms with Crippen LogP contribution in [0, 0.1) is 23.2 Å². The minimum absolute atomic E-state index is 0.200. The summed E-state index contributed by atoms with van der Waals surface area (Å²) in [5, 5.41) is 0. The molecule has 0 aromatic heterocycles. The molecule has 0 amide bonds. The average Bonchev–Trinajstić information content (AvgIpc) is 2.33. The lowest BCUT2D eigenvalue weighted by molar-refractivity contribution is -0.130. The molecule has 0 N–H and O–H groups in total. The molecule has 0 aromatic carbocycles. The summed E-state index contributed by atoms with van der Waals surface area (Å²) in [5.74, 6) is 2.28. The number of rotatable bonds is 7. The van der Waals surface area contributed by atoms with Crippen molar-refractivity contribution in [2.45, 2.75) is 86.0 Å². The van der Waals surface area contributed by atoms with Gasteiger partial charge in [0.2, 0.25) is 0 Å². The van der Waals surface area contributed by atoms with Gasteiger partial charge in [0.1, 0.15) is 5.78 Å². The topological polar surface area (TPSA) is 17.1 Å². The van der Waals surface area contributed by atoms with Crippen molar-refractivity contribution in [1.82, 2.24) is 0 Å². The summed E-state index contributed by atoms with van der Waals surface area (Å²) in [6, 6.07) is 0. The van der Waals surface area contributed by atoms with Crippen molar-refractivity contribution in [2.75, 3.05) is 0 Å². The molecule has 1 saturated carbocycles. The lowest BCUT2D eigenvalue weighted by Crippen LogP contribution is -2.36. The highest BCUT2D eigenvalue weighted by Gasteiger charge is 2.38. The molecule has 1 aliphatic carbocycles. The molecule has 1 nitrogen and oxygen atoms in total. The monoisotopic (exact) mass is 266 g/mol. The van der Waals surface area contributed by atoms with Crippen molar-refractivity contribution in [2.24, 2.45) is 23.2 Å². The van der Waals surface area contributed by atoms with Gasteiger partial charge >= 0.3 is 0 Å². The van der Waals surface area contributed by atoms with Gasteiger partial charge < -0.3 is 0 Å². The van der Waals surface area contributed by atoms with E-state index in [1.165, 1.54) is 38.5 Å². The second-order valence-electron chi connectivity index (χ2n) is 7.51. The number of unbranched alkanes of at least 4 members (excludes halogenated alkanes) is 1. The average molecular weight is 266 g/mol. The van der Waals surface area contributed by atoms with Crippen LogP contribution in [0.1, 0.15) is 86.0 Å². The first-order valence-corrected chi connectivity index (χ1v) is 8.43. The second-order valence-corrected chi connectivity index (χ2v) is 7.51. The van der Waals surface area contributed by atoms with Crippen LogP contribution in [0.15, 0.2) is 0 Å². The van der Waals surface area contributed by atoms with E-state index >= 15 is 0 Å². The summed E-state index contributed by atoms with van der Waals surface area (Å²) in [5.41, 5.74) is 0.200. The molecular weight excluding hydrogens is 232 g/mol. The van der Waals surface area contributed by atoms with Crippen LogP contribution in [-0.4, -0.2) is 5.78 Å². The maximum atomic E-state index is 12.3. The van der Waals surface area contributed by atoms with Crippen LogP contribution in [0.2, 0.25) is 0 Å². The van der Waals surface area contributed by atoms with Crippen LogP contribution in [0.4, 0.5) is 0 Å². The van der Waals surface area contributed by atoms with E-state index in [0.29, 0.717) is 17.6 Å². The Hall–Kier alpha value is -0.330. The van der Waals surface area contributed by atoms with Crippen LogP contribution in [0.25, 0.3) is 0 Å². The third-order valence-corrected chi connectivity index (χ3v) is 5.19. The first kappa shape index (κ1) is 16.7. The molecule has 0 aliphatic heterocycles. The zero-order chi connectivity index (χ0) is 14.5. The number of ketones is 1. The van der Waals surface area contributed by atoms with Crippen molar-refractivity contribution < 1.29 is 4.79 Å². The Morgan fingerprint density at radius 3 is 2.47 bits per heavy atom. The highest BCUT2D eigenvalue weighted by molar-refractivity contribution is 5.82. The second kappa shape index (κ2) is 7.45. The van der Waals surface area contributed by atoms with E-state index in [0.717, 1.165) is 18.8 Å². The zero-order valence-electron chi connectivity index (χ0n) is 13.8. The first-order chi connectivity index (χ1) is 8.90. The number of hydrogen-bond donors (Lipinski definition) is 0. The normalized spacial score (nSPS) is 26.5. The van der Waals surface area contributed by atoms with Gasteiger partial charge in [-0.2, -0.15) is 0 Å². The number of carbonyl (C=O) groups excluding carboxylic acids is 1. The van der Waals surface area contributed by atoms with Gasteiger partial charge in [-0.1, -0.05) is 60.3 Å². The summed E-state index contributed by atoms with van der Waals surface area (Å²) >= 11 is 0. The van der Waals surface area contributed by atoms with Crippen molar-refractivity contribution >= 4 is 5.78 Å². The fourth-order valence-corrected chi connectivity index (χ4v) is 3.86. The molecule has 3 atom stereocenters. The van der Waals surface area contributed by atoms with Crippen LogP contribution in [-0.2, 0) is 4.79 Å². The van der Waals surface area contributed by atoms with Crippen molar-refractivity contribution in [3.05, 3.63) is 0 Å². The summed E-state index contributed by atoms with van der Waals surface area (Å²) < 4.78 is 0. The Kier molecular flexibility index (Phi) is 6.56. The van der Waals surface area contributed by atoms with Gasteiger partial charge in [0.15, 0.2) is 0 Å². The molecule has 0 saturated heterocycles. The molecule has 1 rings (SSSR count). The van der Waals surface area contributed by atoms with Gasteiger partial charge in [0.25, 0.3) is 0 Å². The van der Waals surface area contributed by atoms with E-state index in [-0.39, 0.29) is 5.41 Å². The predicted molar refractivity (Wildman–Crippen MR) is 83.2 cm³/mol. The van der Waals surface area contributed by atoms with Gasteiger partial charge in [-0.3, -0.25) is 4.79 Å². The highest BCUT2D eigenvalue weighted by atomic mass is 16.1. The van der Waals surface area contributed by atoms with E-state index in [1.54, 1.807) is 0 Å². The van der Waals surface area contributed by atoms with Gasteiger partial charge in [-0.15, -0.1) is 0 Å². The number of hydrogen-bond acceptors (Lipinski definition) is 1. The molecule has 0 aromatic rings. The van der Waals surface area contributed by atoms with E-state index < -0.39 is 0 Å². The van der Waals surface area contributed by atoms with Gasteiger partial charge in [0, 0.05) is 12.3 Å². The molecule has 1 fully saturated rings. The van der Waals surface area contributed by atoms with Crippen LogP contribution < -0.4 is 0 Å². The third-order valence-electron chi connectivity index (χ3n) is 5.19.